The lowest BCUT2D eigenvalue weighted by Gasteiger charge is -2.30. The van der Waals surface area contributed by atoms with Crippen molar-refractivity contribution in [3.8, 4) is 0 Å². The van der Waals surface area contributed by atoms with Crippen LogP contribution in [-0.4, -0.2) is 29.9 Å². The molecule has 2 saturated carbocycles. The molecule has 5 nitrogen and oxygen atoms in total. The Hall–Kier alpha value is -1.43. The Morgan fingerprint density at radius 1 is 1.12 bits per heavy atom. The second kappa shape index (κ2) is 8.79. The summed E-state index contributed by atoms with van der Waals surface area (Å²) >= 11 is 1.37. The van der Waals surface area contributed by atoms with Gasteiger partial charge >= 0.3 is 0 Å². The van der Waals surface area contributed by atoms with E-state index in [1.807, 2.05) is 0 Å². The van der Waals surface area contributed by atoms with Crippen molar-refractivity contribution >= 4 is 23.2 Å². The minimum absolute atomic E-state index is 0.0202. The number of nitrogens with zero attached hydrogens (tertiary/aromatic N) is 1. The molecule has 3 rings (SSSR count). The maximum absolute atomic E-state index is 12.4. The molecule has 2 fully saturated rings. The second-order valence-corrected chi connectivity index (χ2v) is 8.62. The van der Waals surface area contributed by atoms with Crippen LogP contribution in [0.2, 0.25) is 0 Å². The molecule has 138 valence electrons. The van der Waals surface area contributed by atoms with Crippen molar-refractivity contribution in [2.24, 2.45) is 23.7 Å². The average molecular weight is 364 g/mol. The van der Waals surface area contributed by atoms with Gasteiger partial charge in [0.05, 0.1) is 11.7 Å². The number of carbonyl (C=O) groups excluding carboxylic acids is 2. The molecular weight excluding hydrogens is 334 g/mol. The summed E-state index contributed by atoms with van der Waals surface area (Å²) < 4.78 is 0. The van der Waals surface area contributed by atoms with E-state index in [2.05, 4.69) is 22.5 Å². The van der Waals surface area contributed by atoms with Crippen LogP contribution in [0, 0.1) is 23.7 Å². The van der Waals surface area contributed by atoms with Crippen LogP contribution < -0.4 is 10.6 Å². The Kier molecular flexibility index (Phi) is 6.45. The summed E-state index contributed by atoms with van der Waals surface area (Å²) in [6, 6.07) is 0. The molecule has 0 spiro atoms. The first-order valence-electron chi connectivity index (χ1n) is 9.58. The zero-order valence-corrected chi connectivity index (χ0v) is 15.8. The van der Waals surface area contributed by atoms with Crippen molar-refractivity contribution in [3.63, 3.8) is 0 Å². The Labute approximate surface area is 154 Å². The van der Waals surface area contributed by atoms with Gasteiger partial charge in [-0.3, -0.25) is 14.6 Å². The van der Waals surface area contributed by atoms with Crippen LogP contribution in [0.3, 0.4) is 0 Å². The molecule has 4 atom stereocenters. The van der Waals surface area contributed by atoms with Gasteiger partial charge in [0, 0.05) is 19.0 Å². The number of aromatic nitrogens is 1. The summed E-state index contributed by atoms with van der Waals surface area (Å²) in [6.45, 7) is 3.71. The van der Waals surface area contributed by atoms with E-state index in [-0.39, 0.29) is 17.7 Å². The predicted molar refractivity (Wildman–Crippen MR) is 99.4 cm³/mol. The molecular formula is C19H29N3O2S. The Balaban J connectivity index is 1.39. The van der Waals surface area contributed by atoms with Gasteiger partial charge in [-0.2, -0.15) is 0 Å². The van der Waals surface area contributed by atoms with E-state index in [0.29, 0.717) is 22.6 Å². The number of thiazole rings is 1. The fraction of sp³-hybridized carbons (Fsp3) is 0.737. The highest BCUT2D eigenvalue weighted by Gasteiger charge is 2.30. The molecule has 0 aliphatic heterocycles. The van der Waals surface area contributed by atoms with Crippen LogP contribution >= 0.6 is 11.3 Å². The van der Waals surface area contributed by atoms with Crippen molar-refractivity contribution in [2.45, 2.75) is 51.9 Å². The van der Waals surface area contributed by atoms with Crippen molar-refractivity contribution in [1.82, 2.24) is 15.6 Å². The first kappa shape index (κ1) is 18.4. The molecule has 6 heteroatoms. The Bertz CT molecular complexity index is 575. The van der Waals surface area contributed by atoms with Gasteiger partial charge < -0.3 is 10.6 Å². The molecule has 0 aromatic carbocycles. The summed E-state index contributed by atoms with van der Waals surface area (Å²) in [7, 11) is 0. The normalized spacial score (nSPS) is 29.3. The quantitative estimate of drug-likeness (QED) is 0.815. The molecule has 2 aliphatic rings. The molecule has 1 heterocycles. The lowest BCUT2D eigenvalue weighted by atomic mass is 9.81. The van der Waals surface area contributed by atoms with Gasteiger partial charge in [-0.15, -0.1) is 11.3 Å². The summed E-state index contributed by atoms with van der Waals surface area (Å²) in [6.07, 6.45) is 9.64. The Morgan fingerprint density at radius 2 is 1.84 bits per heavy atom. The lowest BCUT2D eigenvalue weighted by molar-refractivity contribution is -0.126. The van der Waals surface area contributed by atoms with Gasteiger partial charge in [0.15, 0.2) is 0 Å². The molecule has 0 radical (unpaired) electrons. The van der Waals surface area contributed by atoms with Crippen LogP contribution in [0.15, 0.2) is 11.7 Å². The highest BCUT2D eigenvalue weighted by Crippen LogP contribution is 2.32. The van der Waals surface area contributed by atoms with Crippen LogP contribution in [0.4, 0.5) is 0 Å². The highest BCUT2D eigenvalue weighted by molar-refractivity contribution is 7.11. The van der Waals surface area contributed by atoms with E-state index in [1.54, 1.807) is 11.7 Å². The number of hydrogen-bond acceptors (Lipinski definition) is 4. The van der Waals surface area contributed by atoms with Gasteiger partial charge in [0.25, 0.3) is 5.91 Å². The molecule has 1 aromatic heterocycles. The monoisotopic (exact) mass is 363 g/mol. The van der Waals surface area contributed by atoms with Crippen LogP contribution in [0.5, 0.6) is 0 Å². The third kappa shape index (κ3) is 5.03. The minimum Gasteiger partial charge on any atom is -0.356 e. The van der Waals surface area contributed by atoms with Gasteiger partial charge in [-0.1, -0.05) is 19.8 Å². The Morgan fingerprint density at radius 3 is 2.48 bits per heavy atom. The summed E-state index contributed by atoms with van der Waals surface area (Å²) in [4.78, 5) is 29.0. The van der Waals surface area contributed by atoms with Crippen LogP contribution in [0.1, 0.15) is 61.5 Å². The average Bonchev–Trinajstić information content (AvgIpc) is 3.29. The predicted octanol–water partition coefficient (Wildman–Crippen LogP) is 3.23. The number of amides is 2. The summed E-state index contributed by atoms with van der Waals surface area (Å²) in [5.41, 5.74) is 1.68. The molecule has 25 heavy (non-hydrogen) atoms. The maximum Gasteiger partial charge on any atom is 0.263 e. The van der Waals surface area contributed by atoms with Gasteiger partial charge in [-0.05, 0) is 49.9 Å². The number of nitrogens with one attached hydrogen (secondary N) is 2. The topological polar surface area (TPSA) is 71.1 Å². The molecule has 2 N–H and O–H groups in total. The first-order valence-corrected chi connectivity index (χ1v) is 10.5. The molecule has 2 aliphatic carbocycles. The van der Waals surface area contributed by atoms with Gasteiger partial charge in [-0.25, -0.2) is 0 Å². The maximum atomic E-state index is 12.4. The lowest BCUT2D eigenvalue weighted by Crippen LogP contribution is -2.38. The molecule has 1 aromatic rings. The van der Waals surface area contributed by atoms with E-state index in [9.17, 15) is 9.59 Å². The smallest absolute Gasteiger partial charge is 0.263 e. The molecule has 2 amide bonds. The minimum atomic E-state index is -0.0202. The van der Waals surface area contributed by atoms with E-state index in [4.69, 9.17) is 0 Å². The summed E-state index contributed by atoms with van der Waals surface area (Å²) in [5.74, 6) is 2.04. The molecule has 0 saturated heterocycles. The van der Waals surface area contributed by atoms with Gasteiger partial charge in [0.1, 0.15) is 4.88 Å². The van der Waals surface area contributed by atoms with Crippen molar-refractivity contribution in [1.29, 1.82) is 0 Å². The highest BCUT2D eigenvalue weighted by atomic mass is 32.1. The number of hydrogen-bond donors (Lipinski definition) is 2. The van der Waals surface area contributed by atoms with Crippen LogP contribution in [-0.2, 0) is 4.79 Å². The molecule has 0 unspecified atom stereocenters. The fourth-order valence-electron chi connectivity index (χ4n) is 4.34. The van der Waals surface area contributed by atoms with Crippen LogP contribution in [0.25, 0.3) is 0 Å². The summed E-state index contributed by atoms with van der Waals surface area (Å²) in [5, 5.41) is 6.23. The number of rotatable bonds is 6. The zero-order chi connectivity index (χ0) is 17.6. The van der Waals surface area contributed by atoms with E-state index in [1.165, 1.54) is 37.0 Å². The third-order valence-corrected chi connectivity index (χ3v) is 6.63. The van der Waals surface area contributed by atoms with E-state index in [0.717, 1.165) is 32.4 Å². The van der Waals surface area contributed by atoms with E-state index < -0.39 is 0 Å². The fourth-order valence-corrected chi connectivity index (χ4v) is 4.87. The van der Waals surface area contributed by atoms with E-state index >= 15 is 0 Å². The van der Waals surface area contributed by atoms with Crippen molar-refractivity contribution < 1.29 is 9.59 Å². The standard InChI is InChI=1S/C19H29N3O2S/c1-13-4-2-7-16(13)18(23)21-9-14-5-3-6-15(8-14)10-22-19(24)17-11-20-12-25-17/h11-16H,2-10H2,1H3,(H,21,23)(H,22,24)/t13-,14-,15+,16-/m1/s1. The largest absolute Gasteiger partial charge is 0.356 e. The SMILES string of the molecule is C[C@@H]1CCC[C@H]1C(=O)NC[C@@H]1CCC[C@H](CNC(=O)c2cncs2)C1. The van der Waals surface area contributed by atoms with Crippen molar-refractivity contribution in [3.05, 3.63) is 16.6 Å². The third-order valence-electron chi connectivity index (χ3n) is 5.86. The van der Waals surface area contributed by atoms with Gasteiger partial charge in [0.2, 0.25) is 5.91 Å². The molecule has 0 bridgehead atoms. The first-order chi connectivity index (χ1) is 12.1. The second-order valence-electron chi connectivity index (χ2n) is 7.73. The number of carbonyl (C=O) groups is 2. The van der Waals surface area contributed by atoms with Crippen molar-refractivity contribution in [2.75, 3.05) is 13.1 Å². The zero-order valence-electron chi connectivity index (χ0n) is 15.0.